The molecule has 1 aromatic heterocycles. The van der Waals surface area contributed by atoms with Crippen LogP contribution in [-0.4, -0.2) is 45.1 Å². The van der Waals surface area contributed by atoms with E-state index in [1.807, 2.05) is 12.1 Å². The lowest BCUT2D eigenvalue weighted by Crippen LogP contribution is -2.17. The number of amides is 1. The van der Waals surface area contributed by atoms with Crippen LogP contribution < -0.4 is 14.8 Å². The number of nitrogens with one attached hydrogen (secondary N) is 1. The van der Waals surface area contributed by atoms with Gasteiger partial charge in [-0.15, -0.1) is 5.10 Å². The molecule has 2 aromatic carbocycles. The number of hydrogen-bond acceptors (Lipinski definition) is 7. The maximum atomic E-state index is 12.4. The molecule has 4 rings (SSSR count). The van der Waals surface area contributed by atoms with E-state index in [0.717, 1.165) is 5.69 Å². The smallest absolute Gasteiger partial charge is 0.234 e. The number of fused-ring (bicyclic) bond motifs is 1. The minimum Gasteiger partial charge on any atom is -0.486 e. The summed E-state index contributed by atoms with van der Waals surface area (Å²) in [7, 11) is 0. The number of rotatable bonds is 6. The van der Waals surface area contributed by atoms with Gasteiger partial charge in [0.1, 0.15) is 13.2 Å². The highest BCUT2D eigenvalue weighted by molar-refractivity contribution is 7.99. The molecule has 0 saturated carbocycles. The van der Waals surface area contributed by atoms with Crippen molar-refractivity contribution in [1.29, 1.82) is 0 Å². The molecule has 0 fully saturated rings. The van der Waals surface area contributed by atoms with Crippen molar-refractivity contribution in [3.05, 3.63) is 48.0 Å². The summed E-state index contributed by atoms with van der Waals surface area (Å²) < 4.78 is 12.7. The molecule has 2 heterocycles. The number of ether oxygens (including phenoxy) is 2. The van der Waals surface area contributed by atoms with E-state index in [-0.39, 0.29) is 11.7 Å². The minimum absolute atomic E-state index is 0.156. The summed E-state index contributed by atoms with van der Waals surface area (Å²) >= 11 is 1.27. The maximum Gasteiger partial charge on any atom is 0.234 e. The molecule has 0 radical (unpaired) electrons. The number of thioether (sulfide) groups is 1. The Labute approximate surface area is 172 Å². The fourth-order valence-electron chi connectivity index (χ4n) is 2.88. The highest BCUT2D eigenvalue weighted by Gasteiger charge is 2.15. The zero-order chi connectivity index (χ0) is 20.2. The van der Waals surface area contributed by atoms with Gasteiger partial charge in [0.2, 0.25) is 11.1 Å². The molecular formula is C20H21N5O3S. The molecule has 0 bridgehead atoms. The highest BCUT2D eigenvalue weighted by Crippen LogP contribution is 2.32. The normalized spacial score (nSPS) is 12.8. The molecule has 1 amide bonds. The number of carbonyl (C=O) groups excluding carboxylic acids is 1. The molecule has 0 aliphatic carbocycles. The lowest BCUT2D eigenvalue weighted by molar-refractivity contribution is -0.113. The number of tetrazole rings is 1. The largest absolute Gasteiger partial charge is 0.486 e. The van der Waals surface area contributed by atoms with Crippen LogP contribution in [0.2, 0.25) is 0 Å². The number of carbonyl (C=O) groups is 1. The van der Waals surface area contributed by atoms with Gasteiger partial charge in [0.05, 0.1) is 11.4 Å². The summed E-state index contributed by atoms with van der Waals surface area (Å²) in [6.45, 7) is 5.33. The molecule has 8 nitrogen and oxygen atoms in total. The molecule has 0 saturated heterocycles. The zero-order valence-corrected chi connectivity index (χ0v) is 17.0. The first-order valence-corrected chi connectivity index (χ1v) is 10.3. The van der Waals surface area contributed by atoms with Crippen molar-refractivity contribution in [3.63, 3.8) is 0 Å². The topological polar surface area (TPSA) is 91.2 Å². The molecule has 0 unspecified atom stereocenters. The van der Waals surface area contributed by atoms with E-state index in [9.17, 15) is 4.79 Å². The second-order valence-electron chi connectivity index (χ2n) is 6.81. The molecule has 3 aromatic rings. The number of hydrogen-bond donors (Lipinski definition) is 1. The van der Waals surface area contributed by atoms with E-state index in [0.29, 0.717) is 41.5 Å². The predicted molar refractivity (Wildman–Crippen MR) is 110 cm³/mol. The Balaban J connectivity index is 1.38. The highest BCUT2D eigenvalue weighted by atomic mass is 32.2. The van der Waals surface area contributed by atoms with Crippen LogP contribution in [0.4, 0.5) is 5.69 Å². The van der Waals surface area contributed by atoms with Crippen molar-refractivity contribution in [3.8, 4) is 17.2 Å². The standard InChI is InChI=1S/C20H21N5O3S/c1-13(2)14-3-6-16(7-4-14)25-20(22-23-24-25)29-12-19(26)21-15-5-8-17-18(11-15)28-10-9-27-17/h3-8,11,13H,9-10,12H2,1-2H3,(H,21,26). The van der Waals surface area contributed by atoms with E-state index in [1.165, 1.54) is 17.3 Å². The third-order valence-corrected chi connectivity index (χ3v) is 5.32. The van der Waals surface area contributed by atoms with Gasteiger partial charge in [-0.2, -0.15) is 4.68 Å². The monoisotopic (exact) mass is 411 g/mol. The van der Waals surface area contributed by atoms with Crippen molar-refractivity contribution in [2.45, 2.75) is 24.9 Å². The van der Waals surface area contributed by atoms with Gasteiger partial charge in [-0.25, -0.2) is 0 Å². The minimum atomic E-state index is -0.156. The molecule has 9 heteroatoms. The molecule has 150 valence electrons. The van der Waals surface area contributed by atoms with Crippen LogP contribution in [0.5, 0.6) is 11.5 Å². The molecule has 1 N–H and O–H groups in total. The number of benzene rings is 2. The van der Waals surface area contributed by atoms with Crippen LogP contribution in [0.15, 0.2) is 47.6 Å². The summed E-state index contributed by atoms with van der Waals surface area (Å²) in [5, 5.41) is 15.2. The number of anilines is 1. The average Bonchev–Trinajstić information content (AvgIpc) is 3.21. The van der Waals surface area contributed by atoms with Gasteiger partial charge < -0.3 is 14.8 Å². The fraction of sp³-hybridized carbons (Fsp3) is 0.300. The van der Waals surface area contributed by atoms with E-state index in [4.69, 9.17) is 9.47 Å². The van der Waals surface area contributed by atoms with Crippen LogP contribution in [-0.2, 0) is 4.79 Å². The Hall–Kier alpha value is -3.07. The van der Waals surface area contributed by atoms with Crippen LogP contribution in [0, 0.1) is 0 Å². The lowest BCUT2D eigenvalue weighted by atomic mass is 10.0. The van der Waals surface area contributed by atoms with Crippen molar-refractivity contribution in [2.75, 3.05) is 24.3 Å². The van der Waals surface area contributed by atoms with Crippen LogP contribution in [0.1, 0.15) is 25.3 Å². The second-order valence-corrected chi connectivity index (χ2v) is 7.76. The molecule has 0 atom stereocenters. The Morgan fingerprint density at radius 3 is 2.66 bits per heavy atom. The first-order valence-electron chi connectivity index (χ1n) is 9.31. The molecule has 1 aliphatic heterocycles. The lowest BCUT2D eigenvalue weighted by Gasteiger charge is -2.18. The summed E-state index contributed by atoms with van der Waals surface area (Å²) in [5.74, 6) is 1.80. The van der Waals surface area contributed by atoms with Gasteiger partial charge in [-0.3, -0.25) is 4.79 Å². The maximum absolute atomic E-state index is 12.4. The van der Waals surface area contributed by atoms with Gasteiger partial charge >= 0.3 is 0 Å². The van der Waals surface area contributed by atoms with Crippen LogP contribution >= 0.6 is 11.8 Å². The third kappa shape index (κ3) is 4.51. The summed E-state index contributed by atoms with van der Waals surface area (Å²) in [4.78, 5) is 12.4. The quantitative estimate of drug-likeness (QED) is 0.622. The van der Waals surface area contributed by atoms with Crippen molar-refractivity contribution >= 4 is 23.4 Å². The number of aromatic nitrogens is 4. The van der Waals surface area contributed by atoms with E-state index in [1.54, 1.807) is 22.9 Å². The second kappa shape index (κ2) is 8.52. The van der Waals surface area contributed by atoms with Gasteiger partial charge in [0.25, 0.3) is 0 Å². The van der Waals surface area contributed by atoms with E-state index >= 15 is 0 Å². The van der Waals surface area contributed by atoms with E-state index < -0.39 is 0 Å². The van der Waals surface area contributed by atoms with Crippen molar-refractivity contribution in [2.24, 2.45) is 0 Å². The van der Waals surface area contributed by atoms with Crippen LogP contribution in [0.3, 0.4) is 0 Å². The SMILES string of the molecule is CC(C)c1ccc(-n2nnnc2SCC(=O)Nc2ccc3c(c2)OCCO3)cc1. The molecule has 0 spiro atoms. The van der Waals surface area contributed by atoms with E-state index in [2.05, 4.69) is 46.8 Å². The van der Waals surface area contributed by atoms with Gasteiger partial charge in [-0.1, -0.05) is 37.7 Å². The molecule has 1 aliphatic rings. The van der Waals surface area contributed by atoms with Gasteiger partial charge in [0.15, 0.2) is 11.5 Å². The summed E-state index contributed by atoms with van der Waals surface area (Å²) in [6, 6.07) is 13.4. The number of nitrogens with zero attached hydrogens (tertiary/aromatic N) is 4. The predicted octanol–water partition coefficient (Wildman–Crippen LogP) is 3.29. The van der Waals surface area contributed by atoms with Crippen molar-refractivity contribution < 1.29 is 14.3 Å². The summed E-state index contributed by atoms with van der Waals surface area (Å²) in [6.07, 6.45) is 0. The molecule has 29 heavy (non-hydrogen) atoms. The average molecular weight is 411 g/mol. The first kappa shape index (κ1) is 19.3. The van der Waals surface area contributed by atoms with Crippen molar-refractivity contribution in [1.82, 2.24) is 20.2 Å². The molecular weight excluding hydrogens is 390 g/mol. The third-order valence-electron chi connectivity index (χ3n) is 4.40. The van der Waals surface area contributed by atoms with Crippen LogP contribution in [0.25, 0.3) is 5.69 Å². The summed E-state index contributed by atoms with van der Waals surface area (Å²) in [5.41, 5.74) is 2.76. The Kier molecular flexibility index (Phi) is 5.66. The zero-order valence-electron chi connectivity index (χ0n) is 16.2. The van der Waals surface area contributed by atoms with Gasteiger partial charge in [-0.05, 0) is 46.2 Å². The van der Waals surface area contributed by atoms with Gasteiger partial charge in [0, 0.05) is 11.8 Å². The Bertz CT molecular complexity index is 1000. The fourth-order valence-corrected chi connectivity index (χ4v) is 3.57. The Morgan fingerprint density at radius 2 is 1.90 bits per heavy atom. The Morgan fingerprint density at radius 1 is 1.14 bits per heavy atom. The first-order chi connectivity index (χ1) is 14.1.